The maximum atomic E-state index is 11.0. The van der Waals surface area contributed by atoms with E-state index in [0.717, 1.165) is 18.8 Å². The van der Waals surface area contributed by atoms with Crippen LogP contribution in [-0.2, 0) is 6.61 Å². The smallest absolute Gasteiger partial charge is 0.335 e. The predicted molar refractivity (Wildman–Crippen MR) is 90.1 cm³/mol. The minimum absolute atomic E-state index is 0.217. The van der Waals surface area contributed by atoms with Gasteiger partial charge in [-0.1, -0.05) is 12.1 Å². The van der Waals surface area contributed by atoms with E-state index in [1.54, 1.807) is 23.5 Å². The van der Waals surface area contributed by atoms with Crippen LogP contribution in [0.5, 0.6) is 5.75 Å². The number of nitrogens with zero attached hydrogens (tertiary/aromatic N) is 1. The van der Waals surface area contributed by atoms with Gasteiger partial charge in [-0.2, -0.15) is 0 Å². The van der Waals surface area contributed by atoms with Crippen LogP contribution in [0.4, 0.5) is 0 Å². The summed E-state index contributed by atoms with van der Waals surface area (Å²) in [5, 5.41) is 9.88. The average molecular weight is 411 g/mol. The molecule has 0 bridgehead atoms. The van der Waals surface area contributed by atoms with Crippen molar-refractivity contribution in [1.82, 2.24) is 4.98 Å². The first-order chi connectivity index (χ1) is 10.1. The van der Waals surface area contributed by atoms with Gasteiger partial charge in [0.2, 0.25) is 0 Å². The molecule has 0 aliphatic rings. The van der Waals surface area contributed by atoms with Crippen molar-refractivity contribution >= 4 is 50.1 Å². The molecule has 4 nitrogen and oxygen atoms in total. The van der Waals surface area contributed by atoms with E-state index in [2.05, 4.69) is 27.6 Å². The Bertz CT molecular complexity index is 783. The number of para-hydroxylation sites is 1. The fourth-order valence-electron chi connectivity index (χ4n) is 1.87. The molecule has 106 valence electrons. The molecule has 0 spiro atoms. The van der Waals surface area contributed by atoms with Gasteiger partial charge in [0.15, 0.2) is 0 Å². The Hall–Kier alpha value is -1.67. The Labute approximate surface area is 138 Å². The lowest BCUT2D eigenvalue weighted by Crippen LogP contribution is -2.00. The van der Waals surface area contributed by atoms with E-state index in [9.17, 15) is 4.79 Å². The summed E-state index contributed by atoms with van der Waals surface area (Å²) in [5.74, 6) is -0.397. The van der Waals surface area contributed by atoms with Crippen LogP contribution in [0.25, 0.3) is 10.2 Å². The number of ether oxygens (including phenoxy) is 1. The van der Waals surface area contributed by atoms with Crippen molar-refractivity contribution < 1.29 is 14.6 Å². The highest BCUT2D eigenvalue weighted by Crippen LogP contribution is 2.26. The molecular formula is C15H10INO3S. The zero-order valence-corrected chi connectivity index (χ0v) is 13.7. The van der Waals surface area contributed by atoms with Gasteiger partial charge >= 0.3 is 5.97 Å². The molecule has 0 atom stereocenters. The molecule has 0 saturated heterocycles. The summed E-state index contributed by atoms with van der Waals surface area (Å²) in [6.45, 7) is 0.332. The van der Waals surface area contributed by atoms with Crippen LogP contribution in [0.15, 0.2) is 42.5 Å². The summed E-state index contributed by atoms with van der Waals surface area (Å²) in [4.78, 5) is 15.5. The first-order valence-electron chi connectivity index (χ1n) is 6.13. The normalized spacial score (nSPS) is 10.7. The van der Waals surface area contributed by atoms with Gasteiger partial charge in [-0.25, -0.2) is 9.78 Å². The van der Waals surface area contributed by atoms with Crippen LogP contribution in [0.3, 0.4) is 0 Å². The maximum Gasteiger partial charge on any atom is 0.335 e. The maximum absolute atomic E-state index is 11.0. The van der Waals surface area contributed by atoms with Crippen molar-refractivity contribution in [2.45, 2.75) is 6.61 Å². The van der Waals surface area contributed by atoms with Gasteiger partial charge in [-0.15, -0.1) is 11.3 Å². The van der Waals surface area contributed by atoms with Gasteiger partial charge < -0.3 is 9.84 Å². The monoisotopic (exact) mass is 411 g/mol. The first kappa shape index (κ1) is 14.3. The van der Waals surface area contributed by atoms with Crippen LogP contribution in [-0.4, -0.2) is 16.1 Å². The molecule has 2 aromatic carbocycles. The van der Waals surface area contributed by atoms with E-state index in [0.29, 0.717) is 12.4 Å². The SMILES string of the molecule is O=C(O)c1ccc(I)c(OCc2nc3ccccc3s2)c1. The van der Waals surface area contributed by atoms with Crippen molar-refractivity contribution in [3.8, 4) is 5.75 Å². The number of halogens is 1. The standard InChI is InChI=1S/C15H10INO3S/c16-10-6-5-9(15(18)19)7-12(10)20-8-14-17-11-3-1-2-4-13(11)21-14/h1-7H,8H2,(H,18,19). The van der Waals surface area contributed by atoms with Gasteiger partial charge in [-0.3, -0.25) is 0 Å². The van der Waals surface area contributed by atoms with Crippen LogP contribution >= 0.6 is 33.9 Å². The average Bonchev–Trinajstić information content (AvgIpc) is 2.89. The molecule has 0 aliphatic carbocycles. The Morgan fingerprint density at radius 3 is 2.86 bits per heavy atom. The fourth-order valence-corrected chi connectivity index (χ4v) is 3.24. The summed E-state index contributed by atoms with van der Waals surface area (Å²) in [6, 6.07) is 12.7. The predicted octanol–water partition coefficient (Wildman–Crippen LogP) is 4.18. The number of aromatic nitrogens is 1. The number of benzene rings is 2. The Morgan fingerprint density at radius 1 is 1.29 bits per heavy atom. The Morgan fingerprint density at radius 2 is 2.10 bits per heavy atom. The summed E-state index contributed by atoms with van der Waals surface area (Å²) in [7, 11) is 0. The number of thiazole rings is 1. The molecule has 1 aromatic heterocycles. The number of fused-ring (bicyclic) bond motifs is 1. The third-order valence-corrected chi connectivity index (χ3v) is 4.77. The van der Waals surface area contributed by atoms with Gasteiger partial charge in [0, 0.05) is 0 Å². The van der Waals surface area contributed by atoms with Crippen molar-refractivity contribution in [2.24, 2.45) is 0 Å². The number of rotatable bonds is 4. The highest BCUT2D eigenvalue weighted by molar-refractivity contribution is 14.1. The summed E-state index contributed by atoms with van der Waals surface area (Å²) < 4.78 is 7.71. The third-order valence-electron chi connectivity index (χ3n) is 2.87. The Balaban J connectivity index is 1.80. The second kappa shape index (κ2) is 5.98. The van der Waals surface area contributed by atoms with E-state index in [4.69, 9.17) is 9.84 Å². The fraction of sp³-hybridized carbons (Fsp3) is 0.0667. The van der Waals surface area contributed by atoms with Crippen LogP contribution in [0.1, 0.15) is 15.4 Å². The molecule has 0 fully saturated rings. The molecule has 1 N–H and O–H groups in total. The number of hydrogen-bond donors (Lipinski definition) is 1. The van der Waals surface area contributed by atoms with E-state index in [1.165, 1.54) is 6.07 Å². The second-order valence-electron chi connectivity index (χ2n) is 4.31. The van der Waals surface area contributed by atoms with Crippen molar-refractivity contribution in [2.75, 3.05) is 0 Å². The van der Waals surface area contributed by atoms with Crippen LogP contribution in [0, 0.1) is 3.57 Å². The van der Waals surface area contributed by atoms with Crippen molar-refractivity contribution in [1.29, 1.82) is 0 Å². The van der Waals surface area contributed by atoms with Gasteiger partial charge in [0.1, 0.15) is 17.4 Å². The highest BCUT2D eigenvalue weighted by atomic mass is 127. The van der Waals surface area contributed by atoms with Crippen molar-refractivity contribution in [3.05, 3.63) is 56.6 Å². The lowest BCUT2D eigenvalue weighted by molar-refractivity contribution is 0.0696. The lowest BCUT2D eigenvalue weighted by Gasteiger charge is -2.07. The number of hydrogen-bond acceptors (Lipinski definition) is 4. The molecular weight excluding hydrogens is 401 g/mol. The van der Waals surface area contributed by atoms with E-state index in [-0.39, 0.29) is 5.56 Å². The third kappa shape index (κ3) is 3.16. The van der Waals surface area contributed by atoms with E-state index in [1.807, 2.05) is 24.3 Å². The quantitative estimate of drug-likeness (QED) is 0.655. The largest absolute Gasteiger partial charge is 0.485 e. The second-order valence-corrected chi connectivity index (χ2v) is 6.59. The molecule has 0 saturated carbocycles. The summed E-state index contributed by atoms with van der Waals surface area (Å²) in [6.07, 6.45) is 0. The molecule has 3 aromatic rings. The van der Waals surface area contributed by atoms with Crippen molar-refractivity contribution in [3.63, 3.8) is 0 Å². The molecule has 0 radical (unpaired) electrons. The Kier molecular flexibility index (Phi) is 4.07. The first-order valence-corrected chi connectivity index (χ1v) is 8.03. The summed E-state index contributed by atoms with van der Waals surface area (Å²) in [5.41, 5.74) is 1.17. The molecule has 0 aliphatic heterocycles. The topological polar surface area (TPSA) is 59.4 Å². The number of carboxylic acids is 1. The lowest BCUT2D eigenvalue weighted by atomic mass is 10.2. The highest BCUT2D eigenvalue weighted by Gasteiger charge is 2.09. The minimum Gasteiger partial charge on any atom is -0.485 e. The molecule has 1 heterocycles. The van der Waals surface area contributed by atoms with Gasteiger partial charge in [-0.05, 0) is 52.9 Å². The van der Waals surface area contributed by atoms with E-state index >= 15 is 0 Å². The molecule has 0 amide bonds. The molecule has 3 rings (SSSR count). The molecule has 0 unspecified atom stereocenters. The zero-order chi connectivity index (χ0) is 14.8. The number of aromatic carboxylic acids is 1. The van der Waals surface area contributed by atoms with Crippen LogP contribution in [0.2, 0.25) is 0 Å². The van der Waals surface area contributed by atoms with Gasteiger partial charge in [0.25, 0.3) is 0 Å². The van der Waals surface area contributed by atoms with E-state index < -0.39 is 5.97 Å². The zero-order valence-electron chi connectivity index (χ0n) is 10.7. The minimum atomic E-state index is -0.962. The number of carbonyl (C=O) groups is 1. The van der Waals surface area contributed by atoms with Gasteiger partial charge in [0.05, 0.1) is 19.4 Å². The number of carboxylic acid groups (broad SMARTS) is 1. The molecule has 6 heteroatoms. The molecule has 21 heavy (non-hydrogen) atoms. The van der Waals surface area contributed by atoms with Crippen LogP contribution < -0.4 is 4.74 Å². The summed E-state index contributed by atoms with van der Waals surface area (Å²) >= 11 is 3.70.